The van der Waals surface area contributed by atoms with E-state index in [9.17, 15) is 4.79 Å². The summed E-state index contributed by atoms with van der Waals surface area (Å²) in [6.07, 6.45) is 3.47. The van der Waals surface area contributed by atoms with Crippen LogP contribution in [0.2, 0.25) is 0 Å². The molecule has 1 heterocycles. The second kappa shape index (κ2) is 6.24. The lowest BCUT2D eigenvalue weighted by Crippen LogP contribution is -2.35. The molecule has 0 aliphatic carbocycles. The molecule has 0 spiro atoms. The van der Waals surface area contributed by atoms with Crippen LogP contribution in [0.3, 0.4) is 0 Å². The Morgan fingerprint density at radius 2 is 2.50 bits per heavy atom. The maximum Gasteiger partial charge on any atom is 0.239 e. The van der Waals surface area contributed by atoms with Crippen LogP contribution in [0.25, 0.3) is 0 Å². The van der Waals surface area contributed by atoms with Gasteiger partial charge in [0.15, 0.2) is 0 Å². The second-order valence-corrected chi connectivity index (χ2v) is 3.41. The van der Waals surface area contributed by atoms with Crippen molar-refractivity contribution in [3.63, 3.8) is 0 Å². The van der Waals surface area contributed by atoms with Crippen LogP contribution in [0.4, 0.5) is 0 Å². The van der Waals surface area contributed by atoms with Gasteiger partial charge in [0.25, 0.3) is 0 Å². The van der Waals surface area contributed by atoms with Gasteiger partial charge in [0.05, 0.1) is 12.8 Å². The van der Waals surface area contributed by atoms with Crippen LogP contribution in [-0.4, -0.2) is 35.9 Å². The summed E-state index contributed by atoms with van der Waals surface area (Å²) in [6.45, 7) is 3.85. The summed E-state index contributed by atoms with van der Waals surface area (Å²) in [5.41, 5.74) is 6.11. The number of primary amides is 1. The average molecular weight is 226 g/mol. The molecule has 16 heavy (non-hydrogen) atoms. The molecule has 0 fully saturated rings. The van der Waals surface area contributed by atoms with Crippen molar-refractivity contribution in [1.29, 1.82) is 0 Å². The SMILES string of the molecule is CCn1cc(C(NCCOC)C(N)=O)cn1. The molecule has 0 aliphatic rings. The molecule has 1 unspecified atom stereocenters. The van der Waals surface area contributed by atoms with Gasteiger partial charge in [-0.1, -0.05) is 0 Å². The smallest absolute Gasteiger partial charge is 0.239 e. The number of amides is 1. The molecule has 0 aromatic carbocycles. The molecule has 1 aromatic heterocycles. The molecule has 1 aromatic rings. The highest BCUT2D eigenvalue weighted by molar-refractivity contribution is 5.81. The Hall–Kier alpha value is -1.40. The van der Waals surface area contributed by atoms with E-state index in [-0.39, 0.29) is 0 Å². The van der Waals surface area contributed by atoms with E-state index >= 15 is 0 Å². The highest BCUT2D eigenvalue weighted by Gasteiger charge is 2.18. The molecule has 0 aliphatic heterocycles. The Bertz CT molecular complexity index is 337. The zero-order valence-electron chi connectivity index (χ0n) is 9.64. The number of ether oxygens (including phenoxy) is 1. The molecule has 0 bridgehead atoms. The molecule has 0 saturated heterocycles. The van der Waals surface area contributed by atoms with Crippen LogP contribution in [0.5, 0.6) is 0 Å². The average Bonchev–Trinajstić information content (AvgIpc) is 2.72. The third kappa shape index (κ3) is 3.32. The first kappa shape index (κ1) is 12.7. The first-order valence-corrected chi connectivity index (χ1v) is 5.23. The van der Waals surface area contributed by atoms with Crippen LogP contribution >= 0.6 is 0 Å². The van der Waals surface area contributed by atoms with Crippen molar-refractivity contribution in [3.05, 3.63) is 18.0 Å². The molecular weight excluding hydrogens is 208 g/mol. The fraction of sp³-hybridized carbons (Fsp3) is 0.600. The minimum Gasteiger partial charge on any atom is -0.383 e. The molecule has 1 amide bonds. The Labute approximate surface area is 94.8 Å². The van der Waals surface area contributed by atoms with E-state index in [1.807, 2.05) is 13.1 Å². The molecule has 6 heteroatoms. The maximum absolute atomic E-state index is 11.3. The summed E-state index contributed by atoms with van der Waals surface area (Å²) in [4.78, 5) is 11.3. The van der Waals surface area contributed by atoms with Gasteiger partial charge < -0.3 is 10.5 Å². The minimum atomic E-state index is -0.504. The number of carbonyl (C=O) groups is 1. The van der Waals surface area contributed by atoms with E-state index < -0.39 is 11.9 Å². The second-order valence-electron chi connectivity index (χ2n) is 3.41. The van der Waals surface area contributed by atoms with Gasteiger partial charge in [0, 0.05) is 32.0 Å². The largest absolute Gasteiger partial charge is 0.383 e. The monoisotopic (exact) mass is 226 g/mol. The van der Waals surface area contributed by atoms with E-state index in [0.29, 0.717) is 13.2 Å². The number of carbonyl (C=O) groups excluding carboxylic acids is 1. The Balaban J connectivity index is 2.65. The number of nitrogens with two attached hydrogens (primary N) is 1. The summed E-state index contributed by atoms with van der Waals surface area (Å²) in [5.74, 6) is -0.410. The fourth-order valence-corrected chi connectivity index (χ4v) is 1.39. The Kier molecular flexibility index (Phi) is 4.94. The van der Waals surface area contributed by atoms with Crippen molar-refractivity contribution in [2.45, 2.75) is 19.5 Å². The van der Waals surface area contributed by atoms with Gasteiger partial charge >= 0.3 is 0 Å². The number of rotatable bonds is 7. The summed E-state index contributed by atoms with van der Waals surface area (Å²) in [7, 11) is 1.61. The van der Waals surface area contributed by atoms with E-state index in [4.69, 9.17) is 10.5 Å². The van der Waals surface area contributed by atoms with E-state index in [0.717, 1.165) is 12.1 Å². The standard InChI is InChI=1S/C10H18N4O2/c1-3-14-7-8(6-13-14)9(10(11)15)12-4-5-16-2/h6-7,9,12H,3-5H2,1-2H3,(H2,11,15). The number of hydrogen-bond donors (Lipinski definition) is 2. The molecule has 3 N–H and O–H groups in total. The van der Waals surface area contributed by atoms with E-state index in [2.05, 4.69) is 10.4 Å². The maximum atomic E-state index is 11.3. The first-order valence-electron chi connectivity index (χ1n) is 5.23. The lowest BCUT2D eigenvalue weighted by Gasteiger charge is -2.13. The lowest BCUT2D eigenvalue weighted by atomic mass is 10.1. The van der Waals surface area contributed by atoms with Crippen molar-refractivity contribution >= 4 is 5.91 Å². The molecule has 0 saturated carbocycles. The van der Waals surface area contributed by atoms with E-state index in [1.165, 1.54) is 0 Å². The summed E-state index contributed by atoms with van der Waals surface area (Å²) in [6, 6.07) is -0.504. The van der Waals surface area contributed by atoms with Gasteiger partial charge in [-0.15, -0.1) is 0 Å². The highest BCUT2D eigenvalue weighted by Crippen LogP contribution is 2.10. The Morgan fingerprint density at radius 1 is 1.75 bits per heavy atom. The van der Waals surface area contributed by atoms with Gasteiger partial charge in [0.2, 0.25) is 5.91 Å². The fourth-order valence-electron chi connectivity index (χ4n) is 1.39. The lowest BCUT2D eigenvalue weighted by molar-refractivity contribution is -0.120. The summed E-state index contributed by atoms with van der Waals surface area (Å²) in [5, 5.41) is 7.12. The predicted molar refractivity (Wildman–Crippen MR) is 59.7 cm³/mol. The van der Waals surface area contributed by atoms with Crippen molar-refractivity contribution in [3.8, 4) is 0 Å². The quantitative estimate of drug-likeness (QED) is 0.623. The van der Waals surface area contributed by atoms with Gasteiger partial charge in [0.1, 0.15) is 6.04 Å². The minimum absolute atomic E-state index is 0.410. The molecule has 1 atom stereocenters. The molecule has 0 radical (unpaired) electrons. The number of nitrogens with zero attached hydrogens (tertiary/aromatic N) is 2. The molecule has 1 rings (SSSR count). The van der Waals surface area contributed by atoms with Gasteiger partial charge in [-0.2, -0.15) is 5.10 Å². The third-order valence-corrected chi connectivity index (χ3v) is 2.25. The van der Waals surface area contributed by atoms with Crippen LogP contribution in [0, 0.1) is 0 Å². The van der Waals surface area contributed by atoms with Crippen molar-refractivity contribution in [2.75, 3.05) is 20.3 Å². The molecular formula is C10H18N4O2. The summed E-state index contributed by atoms with van der Waals surface area (Å²) >= 11 is 0. The molecule has 6 nitrogen and oxygen atoms in total. The van der Waals surface area contributed by atoms with Gasteiger partial charge in [-0.05, 0) is 6.92 Å². The highest BCUT2D eigenvalue weighted by atomic mass is 16.5. The van der Waals surface area contributed by atoms with Gasteiger partial charge in [-0.3, -0.25) is 14.8 Å². The number of aromatic nitrogens is 2. The normalized spacial score (nSPS) is 12.6. The van der Waals surface area contributed by atoms with Crippen molar-refractivity contribution < 1.29 is 9.53 Å². The topological polar surface area (TPSA) is 82.2 Å². The van der Waals surface area contributed by atoms with Crippen molar-refractivity contribution in [2.24, 2.45) is 5.73 Å². The predicted octanol–water partition coefficient (Wildman–Crippen LogP) is -0.335. The number of hydrogen-bond acceptors (Lipinski definition) is 4. The zero-order chi connectivity index (χ0) is 12.0. The Morgan fingerprint density at radius 3 is 3.00 bits per heavy atom. The van der Waals surface area contributed by atoms with E-state index in [1.54, 1.807) is 18.0 Å². The van der Waals surface area contributed by atoms with Crippen LogP contribution < -0.4 is 11.1 Å². The van der Waals surface area contributed by atoms with Crippen LogP contribution in [-0.2, 0) is 16.1 Å². The molecule has 90 valence electrons. The zero-order valence-corrected chi connectivity index (χ0v) is 9.64. The number of aryl methyl sites for hydroxylation is 1. The number of nitrogens with one attached hydrogen (secondary N) is 1. The third-order valence-electron chi connectivity index (χ3n) is 2.25. The first-order chi connectivity index (χ1) is 7.69. The van der Waals surface area contributed by atoms with Gasteiger partial charge in [-0.25, -0.2) is 0 Å². The van der Waals surface area contributed by atoms with Crippen LogP contribution in [0.1, 0.15) is 18.5 Å². The van der Waals surface area contributed by atoms with Crippen molar-refractivity contribution in [1.82, 2.24) is 15.1 Å². The summed E-state index contributed by atoms with van der Waals surface area (Å²) < 4.78 is 6.65. The number of methoxy groups -OCH3 is 1. The van der Waals surface area contributed by atoms with Crippen LogP contribution in [0.15, 0.2) is 12.4 Å².